The van der Waals surface area contributed by atoms with Crippen LogP contribution in [0.2, 0.25) is 5.02 Å². The van der Waals surface area contributed by atoms with Crippen LogP contribution in [0, 0.1) is 5.82 Å². The van der Waals surface area contributed by atoms with Gasteiger partial charge in [-0.25, -0.2) is 4.39 Å². The minimum absolute atomic E-state index is 0.355. The number of benzene rings is 1. The Morgan fingerprint density at radius 1 is 1.50 bits per heavy atom. The molecule has 0 aliphatic rings. The van der Waals surface area contributed by atoms with Crippen LogP contribution in [0.25, 0.3) is 0 Å². The van der Waals surface area contributed by atoms with Gasteiger partial charge in [0.15, 0.2) is 0 Å². The smallest absolute Gasteiger partial charge is 0.126 e. The molecule has 3 heteroatoms. The van der Waals surface area contributed by atoms with Gasteiger partial charge in [-0.05, 0) is 25.1 Å². The summed E-state index contributed by atoms with van der Waals surface area (Å²) in [6.45, 7) is 5.42. The molecule has 0 bridgehead atoms. The summed E-state index contributed by atoms with van der Waals surface area (Å²) in [5, 5.41) is 3.24. The van der Waals surface area contributed by atoms with E-state index in [1.807, 2.05) is 0 Å². The van der Waals surface area contributed by atoms with Gasteiger partial charge in [-0.3, -0.25) is 0 Å². The molecule has 0 aliphatic carbocycles. The molecule has 1 N–H and O–H groups in total. The molecule has 0 saturated carbocycles. The van der Waals surface area contributed by atoms with Gasteiger partial charge in [0.25, 0.3) is 0 Å². The summed E-state index contributed by atoms with van der Waals surface area (Å²) in [4.78, 5) is 0. The van der Waals surface area contributed by atoms with Crippen molar-refractivity contribution in [1.82, 2.24) is 0 Å². The van der Waals surface area contributed by atoms with E-state index in [1.165, 1.54) is 12.1 Å². The Morgan fingerprint density at radius 3 is 2.67 bits per heavy atom. The van der Waals surface area contributed by atoms with Gasteiger partial charge in [-0.15, -0.1) is 0 Å². The molecule has 0 unspecified atom stereocenters. The highest BCUT2D eigenvalue weighted by Gasteiger charge is 1.97. The summed E-state index contributed by atoms with van der Waals surface area (Å²) in [5.41, 5.74) is 1.36. The average Bonchev–Trinajstić information content (AvgIpc) is 1.81. The molecular weight excluding hydrogens is 177 g/mol. The normalized spacial score (nSPS) is 9.58. The first-order chi connectivity index (χ1) is 5.58. The van der Waals surface area contributed by atoms with Crippen LogP contribution in [0.5, 0.6) is 0 Å². The second-order valence-corrected chi connectivity index (χ2v) is 3.00. The summed E-state index contributed by atoms with van der Waals surface area (Å²) < 4.78 is 12.7. The Hall–Kier alpha value is -1.02. The van der Waals surface area contributed by atoms with Crippen LogP contribution in [-0.4, -0.2) is 0 Å². The largest absolute Gasteiger partial charge is 0.360 e. The standard InChI is InChI=1S/C9H9ClFN/c1-6(2)12-9-4-7(10)3-8(11)5-9/h3-5,12H,1H2,2H3. The number of allylic oxidation sites excluding steroid dienone is 1. The molecule has 1 rings (SSSR count). The van der Waals surface area contributed by atoms with E-state index in [9.17, 15) is 4.39 Å². The molecule has 0 saturated heterocycles. The molecule has 0 radical (unpaired) electrons. The van der Waals surface area contributed by atoms with Crippen molar-refractivity contribution in [3.63, 3.8) is 0 Å². The lowest BCUT2D eigenvalue weighted by molar-refractivity contribution is 0.628. The van der Waals surface area contributed by atoms with Gasteiger partial charge in [0, 0.05) is 16.4 Å². The van der Waals surface area contributed by atoms with Crippen molar-refractivity contribution in [2.75, 3.05) is 5.32 Å². The molecule has 64 valence electrons. The SMILES string of the molecule is C=C(C)Nc1cc(F)cc(Cl)c1. The maximum absolute atomic E-state index is 12.7. The summed E-state index contributed by atoms with van der Waals surface area (Å²) in [6.07, 6.45) is 0. The predicted molar refractivity (Wildman–Crippen MR) is 49.8 cm³/mol. The predicted octanol–water partition coefficient (Wildman–Crippen LogP) is 3.42. The van der Waals surface area contributed by atoms with E-state index < -0.39 is 0 Å². The number of rotatable bonds is 2. The van der Waals surface area contributed by atoms with E-state index in [2.05, 4.69) is 11.9 Å². The summed E-state index contributed by atoms with van der Waals surface area (Å²) >= 11 is 5.62. The zero-order valence-corrected chi connectivity index (χ0v) is 7.45. The van der Waals surface area contributed by atoms with Crippen molar-refractivity contribution in [3.8, 4) is 0 Å². The molecule has 1 aromatic carbocycles. The minimum atomic E-state index is -0.355. The number of hydrogen-bond acceptors (Lipinski definition) is 1. The van der Waals surface area contributed by atoms with Crippen molar-refractivity contribution in [2.24, 2.45) is 0 Å². The fourth-order valence-electron chi connectivity index (χ4n) is 0.872. The quantitative estimate of drug-likeness (QED) is 0.745. The zero-order valence-electron chi connectivity index (χ0n) is 6.70. The lowest BCUT2D eigenvalue weighted by atomic mass is 10.3. The molecule has 0 heterocycles. The number of halogens is 2. The van der Waals surface area contributed by atoms with Crippen LogP contribution in [0.1, 0.15) is 6.92 Å². The molecular formula is C9H9ClFN. The molecule has 0 fully saturated rings. The van der Waals surface area contributed by atoms with Crippen molar-refractivity contribution in [2.45, 2.75) is 6.92 Å². The van der Waals surface area contributed by atoms with Crippen molar-refractivity contribution >= 4 is 17.3 Å². The Labute approximate surface area is 75.9 Å². The first kappa shape index (κ1) is 9.07. The zero-order chi connectivity index (χ0) is 9.14. The fraction of sp³-hybridized carbons (Fsp3) is 0.111. The number of nitrogens with one attached hydrogen (secondary N) is 1. The summed E-state index contributed by atoms with van der Waals surface area (Å²) in [5.74, 6) is -0.355. The highest BCUT2D eigenvalue weighted by molar-refractivity contribution is 6.30. The first-order valence-electron chi connectivity index (χ1n) is 3.46. The second-order valence-electron chi connectivity index (χ2n) is 2.56. The molecule has 0 atom stereocenters. The Bertz CT molecular complexity index is 289. The fourth-order valence-corrected chi connectivity index (χ4v) is 1.09. The van der Waals surface area contributed by atoms with E-state index in [0.29, 0.717) is 10.7 Å². The van der Waals surface area contributed by atoms with Gasteiger partial charge >= 0.3 is 0 Å². The van der Waals surface area contributed by atoms with E-state index in [0.717, 1.165) is 5.70 Å². The van der Waals surface area contributed by atoms with Crippen LogP contribution in [0.4, 0.5) is 10.1 Å². The van der Waals surface area contributed by atoms with E-state index in [-0.39, 0.29) is 5.82 Å². The van der Waals surface area contributed by atoms with Gasteiger partial charge in [-0.1, -0.05) is 18.2 Å². The van der Waals surface area contributed by atoms with Crippen molar-refractivity contribution < 1.29 is 4.39 Å². The van der Waals surface area contributed by atoms with E-state index >= 15 is 0 Å². The highest BCUT2D eigenvalue weighted by atomic mass is 35.5. The van der Waals surface area contributed by atoms with Crippen LogP contribution < -0.4 is 5.32 Å². The van der Waals surface area contributed by atoms with Crippen molar-refractivity contribution in [1.29, 1.82) is 0 Å². The molecule has 1 nitrogen and oxygen atoms in total. The van der Waals surface area contributed by atoms with E-state index in [1.54, 1.807) is 13.0 Å². The Morgan fingerprint density at radius 2 is 2.17 bits per heavy atom. The molecule has 0 aliphatic heterocycles. The van der Waals surface area contributed by atoms with Crippen LogP contribution >= 0.6 is 11.6 Å². The van der Waals surface area contributed by atoms with Crippen LogP contribution in [0.3, 0.4) is 0 Å². The molecule has 0 aromatic heterocycles. The molecule has 0 amide bonds. The van der Waals surface area contributed by atoms with Gasteiger partial charge in [-0.2, -0.15) is 0 Å². The lowest BCUT2D eigenvalue weighted by Crippen LogP contribution is -1.93. The topological polar surface area (TPSA) is 12.0 Å². The molecule has 12 heavy (non-hydrogen) atoms. The van der Waals surface area contributed by atoms with Gasteiger partial charge < -0.3 is 5.32 Å². The molecule has 0 spiro atoms. The van der Waals surface area contributed by atoms with Crippen molar-refractivity contribution in [3.05, 3.63) is 41.3 Å². The van der Waals surface area contributed by atoms with Gasteiger partial charge in [0.2, 0.25) is 0 Å². The molecule has 1 aromatic rings. The number of anilines is 1. The van der Waals surface area contributed by atoms with Crippen LogP contribution in [-0.2, 0) is 0 Å². The Balaban J connectivity index is 2.93. The van der Waals surface area contributed by atoms with Gasteiger partial charge in [0.1, 0.15) is 5.82 Å². The second kappa shape index (κ2) is 3.59. The third-order valence-corrected chi connectivity index (χ3v) is 1.44. The summed E-state index contributed by atoms with van der Waals surface area (Å²) in [6, 6.07) is 4.25. The average molecular weight is 186 g/mol. The maximum Gasteiger partial charge on any atom is 0.126 e. The third-order valence-electron chi connectivity index (χ3n) is 1.22. The number of hydrogen-bond donors (Lipinski definition) is 1. The lowest BCUT2D eigenvalue weighted by Gasteiger charge is -2.04. The third kappa shape index (κ3) is 2.55. The van der Waals surface area contributed by atoms with E-state index in [4.69, 9.17) is 11.6 Å². The monoisotopic (exact) mass is 185 g/mol. The summed E-state index contributed by atoms with van der Waals surface area (Å²) in [7, 11) is 0. The van der Waals surface area contributed by atoms with Crippen LogP contribution in [0.15, 0.2) is 30.5 Å². The van der Waals surface area contributed by atoms with Gasteiger partial charge in [0.05, 0.1) is 0 Å². The maximum atomic E-state index is 12.7. The highest BCUT2D eigenvalue weighted by Crippen LogP contribution is 2.18. The Kier molecular flexibility index (Phi) is 2.71. The first-order valence-corrected chi connectivity index (χ1v) is 3.84. The minimum Gasteiger partial charge on any atom is -0.360 e.